The molecular formula is C9H12N2O3S. The van der Waals surface area contributed by atoms with Crippen molar-refractivity contribution in [3.63, 3.8) is 0 Å². The van der Waals surface area contributed by atoms with Gasteiger partial charge in [0.25, 0.3) is 0 Å². The van der Waals surface area contributed by atoms with Crippen LogP contribution in [-0.4, -0.2) is 15.0 Å². The van der Waals surface area contributed by atoms with Crippen molar-refractivity contribution >= 4 is 15.7 Å². The van der Waals surface area contributed by atoms with E-state index in [1.807, 2.05) is 6.92 Å². The van der Waals surface area contributed by atoms with Gasteiger partial charge < -0.3 is 0 Å². The minimum atomic E-state index is -3.61. The van der Waals surface area contributed by atoms with Gasteiger partial charge in [-0.15, -0.1) is 4.91 Å². The first-order valence-electron chi connectivity index (χ1n) is 4.54. The molecule has 0 aliphatic rings. The topological polar surface area (TPSA) is 75.6 Å². The zero-order valence-electron chi connectivity index (χ0n) is 8.30. The third-order valence-electron chi connectivity index (χ3n) is 1.80. The minimum absolute atomic E-state index is 0.0684. The molecule has 0 atom stereocenters. The Morgan fingerprint density at radius 3 is 2.60 bits per heavy atom. The lowest BCUT2D eigenvalue weighted by Gasteiger charge is -2.06. The average Bonchev–Trinajstić information content (AvgIpc) is 2.26. The maximum atomic E-state index is 11.7. The van der Waals surface area contributed by atoms with Gasteiger partial charge in [-0.1, -0.05) is 19.1 Å². The first kappa shape index (κ1) is 11.8. The summed E-state index contributed by atoms with van der Waals surface area (Å²) in [5.74, 6) is 0. The van der Waals surface area contributed by atoms with Crippen LogP contribution in [0.15, 0.2) is 34.3 Å². The van der Waals surface area contributed by atoms with Gasteiger partial charge >= 0.3 is 0 Å². The van der Waals surface area contributed by atoms with Gasteiger partial charge in [-0.2, -0.15) is 0 Å². The van der Waals surface area contributed by atoms with Crippen molar-refractivity contribution in [1.29, 1.82) is 0 Å². The van der Waals surface area contributed by atoms with Crippen LogP contribution in [0.3, 0.4) is 0 Å². The highest BCUT2D eigenvalue weighted by molar-refractivity contribution is 7.89. The summed E-state index contributed by atoms with van der Waals surface area (Å²) in [4.78, 5) is 10.3. The summed E-state index contributed by atoms with van der Waals surface area (Å²) in [6.45, 7) is 2.20. The number of nitrogens with zero attached hydrogens (tertiary/aromatic N) is 1. The molecule has 0 unspecified atom stereocenters. The Labute approximate surface area is 88.5 Å². The van der Waals surface area contributed by atoms with E-state index in [9.17, 15) is 13.3 Å². The number of nitrogens with one attached hydrogen (secondary N) is 1. The van der Waals surface area contributed by atoms with Crippen LogP contribution < -0.4 is 4.72 Å². The highest BCUT2D eigenvalue weighted by atomic mass is 32.2. The van der Waals surface area contributed by atoms with E-state index in [1.165, 1.54) is 12.1 Å². The summed E-state index contributed by atoms with van der Waals surface area (Å²) in [6.07, 6.45) is 0.690. The van der Waals surface area contributed by atoms with Gasteiger partial charge in [0.15, 0.2) is 0 Å². The van der Waals surface area contributed by atoms with Crippen LogP contribution in [0, 0.1) is 4.91 Å². The monoisotopic (exact) mass is 228 g/mol. The van der Waals surface area contributed by atoms with Crippen LogP contribution in [0.2, 0.25) is 0 Å². The summed E-state index contributed by atoms with van der Waals surface area (Å²) < 4.78 is 25.7. The molecule has 0 saturated carbocycles. The lowest BCUT2D eigenvalue weighted by atomic mass is 10.3. The van der Waals surface area contributed by atoms with Crippen molar-refractivity contribution in [1.82, 2.24) is 4.72 Å². The van der Waals surface area contributed by atoms with Gasteiger partial charge in [0.2, 0.25) is 10.0 Å². The number of hydrogen-bond donors (Lipinski definition) is 1. The van der Waals surface area contributed by atoms with E-state index in [0.29, 0.717) is 13.0 Å². The number of benzene rings is 1. The molecule has 0 aliphatic carbocycles. The molecule has 1 rings (SSSR count). The maximum Gasteiger partial charge on any atom is 0.242 e. The Morgan fingerprint density at radius 1 is 1.33 bits per heavy atom. The summed E-state index contributed by atoms with van der Waals surface area (Å²) in [5.41, 5.74) is -0.0684. The molecule has 0 heterocycles. The second kappa shape index (κ2) is 4.99. The fourth-order valence-electron chi connectivity index (χ4n) is 1.07. The van der Waals surface area contributed by atoms with E-state index in [-0.39, 0.29) is 10.6 Å². The second-order valence-electron chi connectivity index (χ2n) is 2.96. The number of sulfonamides is 1. The lowest BCUT2D eigenvalue weighted by Crippen LogP contribution is -2.24. The predicted octanol–water partition coefficient (Wildman–Crippen LogP) is 1.77. The van der Waals surface area contributed by atoms with Gasteiger partial charge in [-0.05, 0) is 23.7 Å². The Morgan fingerprint density at radius 2 is 2.00 bits per heavy atom. The fraction of sp³-hybridized carbons (Fsp3) is 0.333. The van der Waals surface area contributed by atoms with Gasteiger partial charge in [0, 0.05) is 6.54 Å². The minimum Gasteiger partial charge on any atom is -0.211 e. The quantitative estimate of drug-likeness (QED) is 0.780. The van der Waals surface area contributed by atoms with Crippen molar-refractivity contribution < 1.29 is 8.42 Å². The third kappa shape index (κ3) is 2.84. The molecule has 1 N–H and O–H groups in total. The lowest BCUT2D eigenvalue weighted by molar-refractivity contribution is 0.581. The van der Waals surface area contributed by atoms with Crippen LogP contribution in [0.1, 0.15) is 13.3 Å². The number of rotatable bonds is 5. The summed E-state index contributed by atoms with van der Waals surface area (Å²) in [5, 5.41) is 2.68. The van der Waals surface area contributed by atoms with Crippen molar-refractivity contribution in [2.75, 3.05) is 6.54 Å². The van der Waals surface area contributed by atoms with Crippen LogP contribution in [0.25, 0.3) is 0 Å². The first-order chi connectivity index (χ1) is 7.11. The Hall–Kier alpha value is -1.27. The van der Waals surface area contributed by atoms with E-state index in [1.54, 1.807) is 12.1 Å². The van der Waals surface area contributed by atoms with Gasteiger partial charge in [0.1, 0.15) is 10.6 Å². The predicted molar refractivity (Wildman–Crippen MR) is 57.4 cm³/mol. The molecule has 0 spiro atoms. The molecule has 6 heteroatoms. The Balaban J connectivity index is 3.09. The van der Waals surface area contributed by atoms with Crippen LogP contribution in [-0.2, 0) is 10.0 Å². The molecule has 5 nitrogen and oxygen atoms in total. The van der Waals surface area contributed by atoms with E-state index in [4.69, 9.17) is 0 Å². The smallest absolute Gasteiger partial charge is 0.211 e. The summed E-state index contributed by atoms with van der Waals surface area (Å²) in [6, 6.07) is 5.84. The molecule has 0 bridgehead atoms. The van der Waals surface area contributed by atoms with Crippen LogP contribution in [0.4, 0.5) is 5.69 Å². The third-order valence-corrected chi connectivity index (χ3v) is 3.30. The van der Waals surface area contributed by atoms with Gasteiger partial charge in [-0.3, -0.25) is 0 Å². The molecule has 0 saturated heterocycles. The molecule has 0 aliphatic heterocycles. The van der Waals surface area contributed by atoms with Gasteiger partial charge in [0.05, 0.1) is 0 Å². The normalized spacial score (nSPS) is 11.3. The second-order valence-corrected chi connectivity index (χ2v) is 4.69. The molecular weight excluding hydrogens is 216 g/mol. The summed E-state index contributed by atoms with van der Waals surface area (Å²) >= 11 is 0. The summed E-state index contributed by atoms with van der Waals surface area (Å²) in [7, 11) is -3.61. The van der Waals surface area contributed by atoms with E-state index in [2.05, 4.69) is 9.90 Å². The maximum absolute atomic E-state index is 11.7. The van der Waals surface area contributed by atoms with Crippen LogP contribution in [0.5, 0.6) is 0 Å². The standard InChI is InChI=1S/C9H12N2O3S/c1-2-7-10-15(13,14)9-6-4-3-5-8(9)11-12/h3-6,10H,2,7H2,1H3. The molecule has 0 fully saturated rings. The largest absolute Gasteiger partial charge is 0.242 e. The molecule has 0 amide bonds. The zero-order chi connectivity index (χ0) is 11.3. The number of nitroso groups, excluding NO2 is 1. The molecule has 0 radical (unpaired) electrons. The van der Waals surface area contributed by atoms with E-state index in [0.717, 1.165) is 0 Å². The van der Waals surface area contributed by atoms with Crippen molar-refractivity contribution in [2.45, 2.75) is 18.2 Å². The molecule has 1 aromatic carbocycles. The zero-order valence-corrected chi connectivity index (χ0v) is 9.12. The van der Waals surface area contributed by atoms with Crippen LogP contribution >= 0.6 is 0 Å². The average molecular weight is 228 g/mol. The Kier molecular flexibility index (Phi) is 3.93. The van der Waals surface area contributed by atoms with Crippen molar-refractivity contribution in [2.24, 2.45) is 5.18 Å². The van der Waals surface area contributed by atoms with Crippen molar-refractivity contribution in [3.8, 4) is 0 Å². The first-order valence-corrected chi connectivity index (χ1v) is 6.02. The molecule has 0 aromatic heterocycles. The highest BCUT2D eigenvalue weighted by Crippen LogP contribution is 2.22. The number of hydrogen-bond acceptors (Lipinski definition) is 4. The fourth-order valence-corrected chi connectivity index (χ4v) is 2.34. The molecule has 82 valence electrons. The highest BCUT2D eigenvalue weighted by Gasteiger charge is 2.17. The van der Waals surface area contributed by atoms with Crippen molar-refractivity contribution in [3.05, 3.63) is 29.2 Å². The molecule has 15 heavy (non-hydrogen) atoms. The van der Waals surface area contributed by atoms with Gasteiger partial charge in [-0.25, -0.2) is 13.1 Å². The molecule has 1 aromatic rings. The SMILES string of the molecule is CCCNS(=O)(=O)c1ccccc1N=O. The Bertz CT molecular complexity index is 442. The van der Waals surface area contributed by atoms with E-state index < -0.39 is 10.0 Å². The van der Waals surface area contributed by atoms with E-state index >= 15 is 0 Å².